The Morgan fingerprint density at radius 3 is 2.87 bits per heavy atom. The van der Waals surface area contributed by atoms with E-state index >= 15 is 0 Å². The van der Waals surface area contributed by atoms with E-state index in [1.54, 1.807) is 0 Å². The first-order chi connectivity index (χ1) is 7.34. The fraction of sp³-hybridized carbons (Fsp3) is 0.600. The van der Waals surface area contributed by atoms with Crippen LogP contribution in [0.4, 0.5) is 4.39 Å². The molecule has 0 amide bonds. The van der Waals surface area contributed by atoms with Gasteiger partial charge in [0.25, 0.3) is 0 Å². The predicted molar refractivity (Wildman–Crippen MR) is 53.1 cm³/mol. The summed E-state index contributed by atoms with van der Waals surface area (Å²) in [5.74, 6) is -0.446. The molecule has 0 bridgehead atoms. The molecule has 82 valence electrons. The summed E-state index contributed by atoms with van der Waals surface area (Å²) in [6.07, 6.45) is 5.78. The highest BCUT2D eigenvalue weighted by Crippen LogP contribution is 2.08. The van der Waals surface area contributed by atoms with Crippen LogP contribution in [-0.4, -0.2) is 29.2 Å². The van der Waals surface area contributed by atoms with Gasteiger partial charge in [-0.05, 0) is 19.4 Å². The van der Waals surface area contributed by atoms with E-state index in [0.29, 0.717) is 12.6 Å². The molecule has 1 aromatic rings. The predicted octanol–water partition coefficient (Wildman–Crippen LogP) is 1.14. The Hall–Kier alpha value is -1.23. The SMILES string of the molecule is Fc1cnc(OC[C@@H]2CCCCN2)nc1. The van der Waals surface area contributed by atoms with E-state index in [1.807, 2.05) is 0 Å². The zero-order chi connectivity index (χ0) is 10.5. The van der Waals surface area contributed by atoms with Gasteiger partial charge in [-0.1, -0.05) is 6.42 Å². The van der Waals surface area contributed by atoms with Gasteiger partial charge in [0.2, 0.25) is 0 Å². The number of halogens is 1. The standard InChI is InChI=1S/C10H14FN3O/c11-8-5-13-10(14-6-8)15-7-9-3-1-2-4-12-9/h5-6,9,12H,1-4,7H2/t9-/m0/s1. The molecule has 5 heteroatoms. The van der Waals surface area contributed by atoms with Gasteiger partial charge >= 0.3 is 6.01 Å². The van der Waals surface area contributed by atoms with Crippen molar-refractivity contribution in [2.45, 2.75) is 25.3 Å². The Labute approximate surface area is 87.9 Å². The van der Waals surface area contributed by atoms with Crippen LogP contribution >= 0.6 is 0 Å². The second-order valence-corrected chi connectivity index (χ2v) is 3.64. The maximum Gasteiger partial charge on any atom is 0.316 e. The highest BCUT2D eigenvalue weighted by Gasteiger charge is 2.13. The molecule has 0 radical (unpaired) electrons. The molecule has 15 heavy (non-hydrogen) atoms. The lowest BCUT2D eigenvalue weighted by Gasteiger charge is -2.22. The van der Waals surface area contributed by atoms with E-state index in [4.69, 9.17) is 4.74 Å². The Kier molecular flexibility index (Phi) is 3.45. The number of rotatable bonds is 3. The van der Waals surface area contributed by atoms with Crippen molar-refractivity contribution in [2.75, 3.05) is 13.2 Å². The second-order valence-electron chi connectivity index (χ2n) is 3.64. The van der Waals surface area contributed by atoms with Gasteiger partial charge < -0.3 is 10.1 Å². The molecular formula is C10H14FN3O. The van der Waals surface area contributed by atoms with Crippen molar-refractivity contribution in [3.8, 4) is 6.01 Å². The van der Waals surface area contributed by atoms with Gasteiger partial charge in [0.1, 0.15) is 6.61 Å². The first kappa shape index (κ1) is 10.3. The van der Waals surface area contributed by atoms with Crippen LogP contribution < -0.4 is 10.1 Å². The van der Waals surface area contributed by atoms with Crippen molar-refractivity contribution in [2.24, 2.45) is 0 Å². The highest BCUT2D eigenvalue weighted by molar-refractivity contribution is 4.95. The summed E-state index contributed by atoms with van der Waals surface area (Å²) in [4.78, 5) is 7.45. The first-order valence-electron chi connectivity index (χ1n) is 5.18. The van der Waals surface area contributed by atoms with Crippen LogP contribution in [-0.2, 0) is 0 Å². The normalized spacial score (nSPS) is 21.3. The first-order valence-corrected chi connectivity index (χ1v) is 5.18. The zero-order valence-corrected chi connectivity index (χ0v) is 8.45. The molecule has 1 N–H and O–H groups in total. The summed E-state index contributed by atoms with van der Waals surface area (Å²) in [6.45, 7) is 1.59. The van der Waals surface area contributed by atoms with Crippen molar-refractivity contribution in [3.63, 3.8) is 0 Å². The van der Waals surface area contributed by atoms with Crippen molar-refractivity contribution in [1.29, 1.82) is 0 Å². The van der Waals surface area contributed by atoms with Crippen molar-refractivity contribution in [3.05, 3.63) is 18.2 Å². The van der Waals surface area contributed by atoms with Crippen molar-refractivity contribution < 1.29 is 9.13 Å². The fourth-order valence-electron chi connectivity index (χ4n) is 1.62. The number of hydrogen-bond acceptors (Lipinski definition) is 4. The molecule has 1 atom stereocenters. The molecule has 2 rings (SSSR count). The van der Waals surface area contributed by atoms with Crippen molar-refractivity contribution >= 4 is 0 Å². The van der Waals surface area contributed by atoms with Gasteiger partial charge in [-0.25, -0.2) is 14.4 Å². The summed E-state index contributed by atoms with van der Waals surface area (Å²) < 4.78 is 17.8. The molecule has 0 unspecified atom stereocenters. The van der Waals surface area contributed by atoms with E-state index in [-0.39, 0.29) is 6.01 Å². The number of piperidine rings is 1. The van der Waals surface area contributed by atoms with E-state index in [1.165, 1.54) is 12.8 Å². The molecule has 0 aliphatic carbocycles. The van der Waals surface area contributed by atoms with Gasteiger partial charge in [0.15, 0.2) is 5.82 Å². The lowest BCUT2D eigenvalue weighted by molar-refractivity contribution is 0.223. The summed E-state index contributed by atoms with van der Waals surface area (Å²) >= 11 is 0. The second kappa shape index (κ2) is 5.02. The van der Waals surface area contributed by atoms with Crippen LogP contribution in [0.3, 0.4) is 0 Å². The van der Waals surface area contributed by atoms with Gasteiger partial charge in [-0.3, -0.25) is 0 Å². The molecule has 4 nitrogen and oxygen atoms in total. The average Bonchev–Trinajstić information content (AvgIpc) is 2.30. The van der Waals surface area contributed by atoms with E-state index < -0.39 is 5.82 Å². The largest absolute Gasteiger partial charge is 0.462 e. The smallest absolute Gasteiger partial charge is 0.316 e. The molecule has 1 saturated heterocycles. The summed E-state index contributed by atoms with van der Waals surface area (Å²) in [6, 6.07) is 0.608. The van der Waals surface area contributed by atoms with Crippen LogP contribution in [0.2, 0.25) is 0 Å². The molecule has 0 aromatic carbocycles. The van der Waals surface area contributed by atoms with Gasteiger partial charge in [0.05, 0.1) is 12.4 Å². The summed E-state index contributed by atoms with van der Waals surface area (Å²) in [5.41, 5.74) is 0. The third-order valence-corrected chi connectivity index (χ3v) is 2.42. The number of hydrogen-bond donors (Lipinski definition) is 1. The Morgan fingerprint density at radius 1 is 1.40 bits per heavy atom. The highest BCUT2D eigenvalue weighted by atomic mass is 19.1. The average molecular weight is 211 g/mol. The molecular weight excluding hydrogens is 197 g/mol. The maximum atomic E-state index is 12.5. The molecule has 1 aliphatic rings. The van der Waals surface area contributed by atoms with Crippen LogP contribution in [0.1, 0.15) is 19.3 Å². The Balaban J connectivity index is 1.79. The lowest BCUT2D eigenvalue weighted by Crippen LogP contribution is -2.38. The molecule has 2 heterocycles. The summed E-state index contributed by atoms with van der Waals surface area (Å²) in [5, 5.41) is 3.35. The Morgan fingerprint density at radius 2 is 2.20 bits per heavy atom. The number of aromatic nitrogens is 2. The maximum absolute atomic E-state index is 12.5. The number of nitrogens with one attached hydrogen (secondary N) is 1. The van der Waals surface area contributed by atoms with E-state index in [2.05, 4.69) is 15.3 Å². The zero-order valence-electron chi connectivity index (χ0n) is 8.45. The summed E-state index contributed by atoms with van der Waals surface area (Å²) in [7, 11) is 0. The Bertz CT molecular complexity index is 298. The molecule has 1 aliphatic heterocycles. The van der Waals surface area contributed by atoms with Crippen LogP contribution in [0.5, 0.6) is 6.01 Å². The van der Waals surface area contributed by atoms with Gasteiger partial charge in [0, 0.05) is 6.04 Å². The fourth-order valence-corrected chi connectivity index (χ4v) is 1.62. The quantitative estimate of drug-likeness (QED) is 0.814. The molecule has 1 fully saturated rings. The minimum Gasteiger partial charge on any atom is -0.462 e. The minimum absolute atomic E-state index is 0.240. The topological polar surface area (TPSA) is 47.0 Å². The lowest BCUT2D eigenvalue weighted by atomic mass is 10.1. The minimum atomic E-state index is -0.446. The van der Waals surface area contributed by atoms with Gasteiger partial charge in [-0.2, -0.15) is 0 Å². The van der Waals surface area contributed by atoms with Gasteiger partial charge in [-0.15, -0.1) is 0 Å². The third kappa shape index (κ3) is 3.13. The third-order valence-electron chi connectivity index (χ3n) is 2.42. The van der Waals surface area contributed by atoms with E-state index in [9.17, 15) is 4.39 Å². The van der Waals surface area contributed by atoms with Crippen LogP contribution in [0.25, 0.3) is 0 Å². The molecule has 1 aromatic heterocycles. The number of nitrogens with zero attached hydrogens (tertiary/aromatic N) is 2. The van der Waals surface area contributed by atoms with Crippen molar-refractivity contribution in [1.82, 2.24) is 15.3 Å². The monoisotopic (exact) mass is 211 g/mol. The van der Waals surface area contributed by atoms with Crippen LogP contribution in [0.15, 0.2) is 12.4 Å². The molecule has 0 spiro atoms. The molecule has 0 saturated carbocycles. The van der Waals surface area contributed by atoms with Crippen LogP contribution in [0, 0.1) is 5.82 Å². The number of ether oxygens (including phenoxy) is 1. The van der Waals surface area contributed by atoms with E-state index in [0.717, 1.165) is 25.4 Å².